The summed E-state index contributed by atoms with van der Waals surface area (Å²) in [6, 6.07) is 11.9. The number of aromatic amines is 1. The molecule has 1 fully saturated rings. The molecule has 5 nitrogen and oxygen atoms in total. The third-order valence-electron chi connectivity index (χ3n) is 4.36. The second-order valence-electron chi connectivity index (χ2n) is 6.24. The molecule has 3 heterocycles. The Morgan fingerprint density at radius 2 is 2.17 bits per heavy atom. The molecule has 0 saturated carbocycles. The molecule has 124 valence electrons. The van der Waals surface area contributed by atoms with Crippen molar-refractivity contribution in [2.45, 2.75) is 25.5 Å². The lowest BCUT2D eigenvalue weighted by Gasteiger charge is -2.29. The average Bonchev–Trinajstić information content (AvgIpc) is 3.00. The summed E-state index contributed by atoms with van der Waals surface area (Å²) in [5.74, 6) is 0.670. The van der Waals surface area contributed by atoms with Crippen LogP contribution in [0.4, 0.5) is 0 Å². The lowest BCUT2D eigenvalue weighted by Crippen LogP contribution is -2.38. The van der Waals surface area contributed by atoms with Gasteiger partial charge in [-0.1, -0.05) is 30.3 Å². The minimum absolute atomic E-state index is 0.0917. The average molecular weight is 341 g/mol. The smallest absolute Gasteiger partial charge is 0.259 e. The molecule has 2 aromatic heterocycles. The van der Waals surface area contributed by atoms with Gasteiger partial charge in [0.25, 0.3) is 5.56 Å². The fraction of sp³-hybridized carbons (Fsp3) is 0.333. The first-order chi connectivity index (χ1) is 11.7. The van der Waals surface area contributed by atoms with Gasteiger partial charge in [-0.15, -0.1) is 11.3 Å². The number of rotatable bonds is 3. The summed E-state index contributed by atoms with van der Waals surface area (Å²) in [6.07, 6.45) is 1.55. The molecule has 0 amide bonds. The Morgan fingerprint density at radius 3 is 2.96 bits per heavy atom. The zero-order chi connectivity index (χ0) is 16.5. The van der Waals surface area contributed by atoms with Gasteiger partial charge in [-0.05, 0) is 31.0 Å². The lowest BCUT2D eigenvalue weighted by atomic mass is 10.1. The third kappa shape index (κ3) is 3.13. The predicted molar refractivity (Wildman–Crippen MR) is 96.2 cm³/mol. The molecule has 0 aliphatic carbocycles. The van der Waals surface area contributed by atoms with Gasteiger partial charge in [0.05, 0.1) is 18.0 Å². The van der Waals surface area contributed by atoms with E-state index < -0.39 is 0 Å². The van der Waals surface area contributed by atoms with E-state index >= 15 is 0 Å². The molecule has 1 aliphatic heterocycles. The highest BCUT2D eigenvalue weighted by molar-refractivity contribution is 7.21. The fourth-order valence-corrected chi connectivity index (χ4v) is 4.24. The summed E-state index contributed by atoms with van der Waals surface area (Å²) < 4.78 is 0. The zero-order valence-corrected chi connectivity index (χ0v) is 14.1. The number of benzene rings is 1. The molecule has 2 N–H and O–H groups in total. The van der Waals surface area contributed by atoms with Gasteiger partial charge in [0.15, 0.2) is 0 Å². The number of aliphatic hydroxyl groups is 1. The van der Waals surface area contributed by atoms with E-state index in [1.54, 1.807) is 11.3 Å². The van der Waals surface area contributed by atoms with Gasteiger partial charge in [-0.2, -0.15) is 0 Å². The normalized spacial score (nSPS) is 19.0. The standard InChI is InChI=1S/C18H19N3O2S/c22-13-7-4-8-21(10-13)11-16-19-17(23)14-9-15(24-18(14)20-16)12-5-2-1-3-6-12/h1-3,5-6,9,13,22H,4,7-8,10-11H2,(H,19,20,23)/t13-/m0/s1. The van der Waals surface area contributed by atoms with E-state index in [0.717, 1.165) is 34.7 Å². The first-order valence-electron chi connectivity index (χ1n) is 8.17. The van der Waals surface area contributed by atoms with E-state index in [9.17, 15) is 9.90 Å². The largest absolute Gasteiger partial charge is 0.392 e. The summed E-state index contributed by atoms with van der Waals surface area (Å²) in [5, 5.41) is 10.4. The number of piperidine rings is 1. The number of thiophene rings is 1. The topological polar surface area (TPSA) is 69.2 Å². The highest BCUT2D eigenvalue weighted by atomic mass is 32.1. The minimum Gasteiger partial charge on any atom is -0.392 e. The fourth-order valence-electron chi connectivity index (χ4n) is 3.18. The van der Waals surface area contributed by atoms with Crippen molar-refractivity contribution >= 4 is 21.6 Å². The number of aliphatic hydroxyl groups excluding tert-OH is 1. The lowest BCUT2D eigenvalue weighted by molar-refractivity contribution is 0.0655. The Balaban J connectivity index is 1.65. The van der Waals surface area contributed by atoms with E-state index in [-0.39, 0.29) is 11.7 Å². The highest BCUT2D eigenvalue weighted by Gasteiger charge is 2.19. The van der Waals surface area contributed by atoms with Gasteiger partial charge in [0.2, 0.25) is 0 Å². The molecular formula is C18H19N3O2S. The van der Waals surface area contributed by atoms with E-state index in [0.29, 0.717) is 24.3 Å². The van der Waals surface area contributed by atoms with Crippen LogP contribution in [0.1, 0.15) is 18.7 Å². The number of hydrogen-bond acceptors (Lipinski definition) is 5. The maximum Gasteiger partial charge on any atom is 0.259 e. The van der Waals surface area contributed by atoms with Crippen LogP contribution in [0.3, 0.4) is 0 Å². The van der Waals surface area contributed by atoms with Crippen molar-refractivity contribution in [3.63, 3.8) is 0 Å². The number of aromatic nitrogens is 2. The summed E-state index contributed by atoms with van der Waals surface area (Å²) in [6.45, 7) is 2.14. The van der Waals surface area contributed by atoms with Crippen molar-refractivity contribution in [3.8, 4) is 10.4 Å². The summed E-state index contributed by atoms with van der Waals surface area (Å²) >= 11 is 1.54. The Bertz CT molecular complexity index is 904. The first-order valence-corrected chi connectivity index (χ1v) is 8.99. The minimum atomic E-state index is -0.277. The first kappa shape index (κ1) is 15.5. The van der Waals surface area contributed by atoms with Crippen LogP contribution in [0.25, 0.3) is 20.7 Å². The van der Waals surface area contributed by atoms with Crippen LogP contribution in [-0.4, -0.2) is 39.2 Å². The molecular weight excluding hydrogens is 322 g/mol. The molecule has 0 unspecified atom stereocenters. The Hall–Kier alpha value is -2.02. The predicted octanol–water partition coefficient (Wildman–Crippen LogP) is 2.61. The van der Waals surface area contributed by atoms with Crippen LogP contribution in [0.2, 0.25) is 0 Å². The van der Waals surface area contributed by atoms with Crippen molar-refractivity contribution in [3.05, 3.63) is 52.6 Å². The SMILES string of the molecule is O=c1[nH]c(CN2CCC[C@H](O)C2)nc2sc(-c3ccccc3)cc12. The molecule has 1 saturated heterocycles. The quantitative estimate of drug-likeness (QED) is 0.768. The molecule has 0 spiro atoms. The van der Waals surface area contributed by atoms with Crippen molar-refractivity contribution in [2.24, 2.45) is 0 Å². The Kier molecular flexibility index (Phi) is 4.18. The molecule has 1 aliphatic rings. The van der Waals surface area contributed by atoms with Gasteiger partial charge in [0, 0.05) is 11.4 Å². The van der Waals surface area contributed by atoms with E-state index in [4.69, 9.17) is 0 Å². The second kappa shape index (κ2) is 6.47. The van der Waals surface area contributed by atoms with Gasteiger partial charge in [-0.25, -0.2) is 4.98 Å². The van der Waals surface area contributed by atoms with Crippen LogP contribution in [0.15, 0.2) is 41.2 Å². The van der Waals surface area contributed by atoms with E-state index in [2.05, 4.69) is 14.9 Å². The van der Waals surface area contributed by atoms with Crippen molar-refractivity contribution in [2.75, 3.05) is 13.1 Å². The van der Waals surface area contributed by atoms with Crippen LogP contribution < -0.4 is 5.56 Å². The van der Waals surface area contributed by atoms with Crippen LogP contribution in [0, 0.1) is 0 Å². The monoisotopic (exact) mass is 341 g/mol. The number of likely N-dealkylation sites (tertiary alicyclic amines) is 1. The number of hydrogen-bond donors (Lipinski definition) is 2. The summed E-state index contributed by atoms with van der Waals surface area (Å²) in [7, 11) is 0. The van der Waals surface area contributed by atoms with Crippen molar-refractivity contribution in [1.29, 1.82) is 0 Å². The second-order valence-corrected chi connectivity index (χ2v) is 7.27. The number of nitrogens with one attached hydrogen (secondary N) is 1. The Morgan fingerprint density at radius 1 is 1.33 bits per heavy atom. The molecule has 1 atom stereocenters. The highest BCUT2D eigenvalue weighted by Crippen LogP contribution is 2.30. The zero-order valence-electron chi connectivity index (χ0n) is 13.2. The van der Waals surface area contributed by atoms with Crippen molar-refractivity contribution < 1.29 is 5.11 Å². The molecule has 1 aromatic carbocycles. The molecule has 0 bridgehead atoms. The van der Waals surface area contributed by atoms with Gasteiger partial charge < -0.3 is 10.1 Å². The van der Waals surface area contributed by atoms with Crippen LogP contribution in [-0.2, 0) is 6.54 Å². The number of H-pyrrole nitrogens is 1. The number of nitrogens with zero attached hydrogens (tertiary/aromatic N) is 2. The molecule has 4 rings (SSSR count). The third-order valence-corrected chi connectivity index (χ3v) is 5.44. The summed E-state index contributed by atoms with van der Waals surface area (Å²) in [4.78, 5) is 23.9. The van der Waals surface area contributed by atoms with E-state index in [1.165, 1.54) is 0 Å². The maximum absolute atomic E-state index is 12.4. The molecule has 0 radical (unpaired) electrons. The molecule has 3 aromatic rings. The molecule has 6 heteroatoms. The van der Waals surface area contributed by atoms with Gasteiger partial charge in [-0.3, -0.25) is 9.69 Å². The van der Waals surface area contributed by atoms with E-state index in [1.807, 2.05) is 36.4 Å². The van der Waals surface area contributed by atoms with Crippen LogP contribution >= 0.6 is 11.3 Å². The van der Waals surface area contributed by atoms with Gasteiger partial charge in [0.1, 0.15) is 10.7 Å². The maximum atomic E-state index is 12.4. The number of β-amino-alcohol motifs (C(OH)–C–C–N with tert-alkyl or cyclic N) is 1. The van der Waals surface area contributed by atoms with Crippen molar-refractivity contribution in [1.82, 2.24) is 14.9 Å². The Labute approximate surface area is 143 Å². The van der Waals surface area contributed by atoms with Crippen LogP contribution in [0.5, 0.6) is 0 Å². The van der Waals surface area contributed by atoms with Gasteiger partial charge >= 0.3 is 0 Å². The summed E-state index contributed by atoms with van der Waals surface area (Å²) in [5.41, 5.74) is 1.01. The number of fused-ring (bicyclic) bond motifs is 1. The molecule has 24 heavy (non-hydrogen) atoms.